The Morgan fingerprint density at radius 3 is 2.48 bits per heavy atom. The number of carbonyl (C=O) groups excluding carboxylic acids is 1. The minimum atomic E-state index is -0.138. The van der Waals surface area contributed by atoms with Crippen LogP contribution >= 0.6 is 0 Å². The summed E-state index contributed by atoms with van der Waals surface area (Å²) in [5.41, 5.74) is 6.54. The van der Waals surface area contributed by atoms with Gasteiger partial charge in [0.05, 0.1) is 22.3 Å². The van der Waals surface area contributed by atoms with Crippen LogP contribution in [0.4, 0.5) is 11.4 Å². The molecule has 1 heterocycles. The maximum Gasteiger partial charge on any atom is 0.253 e. The van der Waals surface area contributed by atoms with Gasteiger partial charge in [-0.05, 0) is 37.6 Å². The predicted octanol–water partition coefficient (Wildman–Crippen LogP) is 5.11. The molecule has 4 aromatic rings. The van der Waals surface area contributed by atoms with Crippen LogP contribution in [0.3, 0.4) is 0 Å². The molecule has 0 atom stereocenters. The number of nitrogens with zero attached hydrogens (tertiary/aromatic N) is 1. The molecule has 0 radical (unpaired) electrons. The topological polar surface area (TPSA) is 54.0 Å². The molecule has 0 unspecified atom stereocenters. The molecule has 0 fully saturated rings. The molecule has 4 heteroatoms. The van der Waals surface area contributed by atoms with Crippen molar-refractivity contribution in [3.63, 3.8) is 0 Å². The number of fused-ring (bicyclic) bond motifs is 2. The van der Waals surface area contributed by atoms with Crippen LogP contribution in [-0.4, -0.2) is 17.9 Å². The number of aryl methyl sites for hydroxylation is 2. The predicted molar refractivity (Wildman–Crippen MR) is 112 cm³/mol. The molecule has 0 bridgehead atoms. The molecule has 1 aromatic heterocycles. The highest BCUT2D eigenvalue weighted by Crippen LogP contribution is 2.35. The van der Waals surface area contributed by atoms with Crippen molar-refractivity contribution in [1.82, 2.24) is 10.3 Å². The maximum absolute atomic E-state index is 12.4. The van der Waals surface area contributed by atoms with E-state index in [1.54, 1.807) is 7.05 Å². The number of aromatic nitrogens is 1. The SMILES string of the molecule is CNC(=O)c1cccc2c(Nc3ccc(C)cc3C)c3ccccc3nc12. The summed E-state index contributed by atoms with van der Waals surface area (Å²) in [7, 11) is 1.64. The van der Waals surface area contributed by atoms with Gasteiger partial charge in [0.15, 0.2) is 0 Å². The first-order chi connectivity index (χ1) is 13.1. The fraction of sp³-hybridized carbons (Fsp3) is 0.130. The van der Waals surface area contributed by atoms with E-state index in [4.69, 9.17) is 4.98 Å². The lowest BCUT2D eigenvalue weighted by molar-refractivity contribution is 0.0964. The quantitative estimate of drug-likeness (QED) is 0.502. The van der Waals surface area contributed by atoms with Crippen LogP contribution in [0.25, 0.3) is 21.8 Å². The summed E-state index contributed by atoms with van der Waals surface area (Å²) < 4.78 is 0. The fourth-order valence-electron chi connectivity index (χ4n) is 3.45. The van der Waals surface area contributed by atoms with E-state index in [1.807, 2.05) is 36.4 Å². The number of nitrogens with one attached hydrogen (secondary N) is 2. The minimum absolute atomic E-state index is 0.138. The highest BCUT2D eigenvalue weighted by molar-refractivity contribution is 6.14. The molecule has 4 nitrogen and oxygen atoms in total. The highest BCUT2D eigenvalue weighted by atomic mass is 16.1. The first-order valence-electron chi connectivity index (χ1n) is 8.96. The normalized spacial score (nSPS) is 10.9. The van der Waals surface area contributed by atoms with E-state index in [0.29, 0.717) is 11.1 Å². The van der Waals surface area contributed by atoms with Crippen LogP contribution in [0.1, 0.15) is 21.5 Å². The lowest BCUT2D eigenvalue weighted by Gasteiger charge is -2.16. The fourth-order valence-corrected chi connectivity index (χ4v) is 3.45. The van der Waals surface area contributed by atoms with E-state index in [2.05, 4.69) is 48.7 Å². The Bertz CT molecular complexity index is 1180. The third-order valence-corrected chi connectivity index (χ3v) is 4.82. The number of amides is 1. The van der Waals surface area contributed by atoms with Gasteiger partial charge >= 0.3 is 0 Å². The third kappa shape index (κ3) is 2.99. The van der Waals surface area contributed by atoms with Gasteiger partial charge in [-0.15, -0.1) is 0 Å². The van der Waals surface area contributed by atoms with Crippen LogP contribution in [0.15, 0.2) is 60.7 Å². The molecule has 0 spiro atoms. The number of para-hydroxylation sites is 2. The Labute approximate surface area is 158 Å². The molecule has 4 rings (SSSR count). The molecule has 0 aliphatic heterocycles. The van der Waals surface area contributed by atoms with Crippen LogP contribution in [-0.2, 0) is 0 Å². The molecule has 0 saturated carbocycles. The van der Waals surface area contributed by atoms with Crippen molar-refractivity contribution in [2.24, 2.45) is 0 Å². The van der Waals surface area contributed by atoms with Crippen LogP contribution < -0.4 is 10.6 Å². The Morgan fingerprint density at radius 1 is 0.926 bits per heavy atom. The van der Waals surface area contributed by atoms with E-state index >= 15 is 0 Å². The largest absolute Gasteiger partial charge is 0.355 e. The van der Waals surface area contributed by atoms with Gasteiger partial charge in [-0.25, -0.2) is 4.98 Å². The second kappa shape index (κ2) is 6.72. The number of benzene rings is 3. The smallest absolute Gasteiger partial charge is 0.253 e. The molecule has 2 N–H and O–H groups in total. The van der Waals surface area contributed by atoms with Crippen molar-refractivity contribution < 1.29 is 4.79 Å². The molecule has 0 aliphatic carbocycles. The zero-order valence-electron chi connectivity index (χ0n) is 15.6. The summed E-state index contributed by atoms with van der Waals surface area (Å²) in [4.78, 5) is 17.1. The third-order valence-electron chi connectivity index (χ3n) is 4.82. The zero-order valence-corrected chi connectivity index (χ0v) is 15.6. The maximum atomic E-state index is 12.4. The Morgan fingerprint density at radius 2 is 1.70 bits per heavy atom. The van der Waals surface area contributed by atoms with Crippen molar-refractivity contribution in [2.75, 3.05) is 12.4 Å². The van der Waals surface area contributed by atoms with E-state index in [-0.39, 0.29) is 5.91 Å². The summed E-state index contributed by atoms with van der Waals surface area (Å²) in [5, 5.41) is 8.26. The van der Waals surface area contributed by atoms with Crippen molar-refractivity contribution in [1.29, 1.82) is 0 Å². The Balaban J connectivity index is 2.02. The van der Waals surface area contributed by atoms with Crippen LogP contribution in [0.2, 0.25) is 0 Å². The van der Waals surface area contributed by atoms with Gasteiger partial charge in [0.2, 0.25) is 0 Å². The summed E-state index contributed by atoms with van der Waals surface area (Å²) >= 11 is 0. The van der Waals surface area contributed by atoms with Crippen LogP contribution in [0, 0.1) is 13.8 Å². The lowest BCUT2D eigenvalue weighted by atomic mass is 10.0. The average Bonchev–Trinajstić information content (AvgIpc) is 2.68. The zero-order chi connectivity index (χ0) is 19.0. The van der Waals surface area contributed by atoms with Crippen molar-refractivity contribution in [3.05, 3.63) is 77.4 Å². The molecular weight excluding hydrogens is 334 g/mol. The molecular formula is C23H21N3O. The molecule has 134 valence electrons. The molecule has 0 saturated heterocycles. The molecule has 0 aliphatic rings. The van der Waals surface area contributed by atoms with Crippen molar-refractivity contribution >= 4 is 39.1 Å². The van der Waals surface area contributed by atoms with Gasteiger partial charge in [-0.3, -0.25) is 4.79 Å². The van der Waals surface area contributed by atoms with E-state index in [0.717, 1.165) is 27.7 Å². The molecule has 27 heavy (non-hydrogen) atoms. The lowest BCUT2D eigenvalue weighted by Crippen LogP contribution is -2.18. The summed E-state index contributed by atoms with van der Waals surface area (Å²) in [5.74, 6) is -0.138. The van der Waals surface area contributed by atoms with Crippen LogP contribution in [0.5, 0.6) is 0 Å². The number of hydrogen-bond donors (Lipinski definition) is 2. The van der Waals surface area contributed by atoms with Gasteiger partial charge in [0, 0.05) is 23.5 Å². The summed E-state index contributed by atoms with van der Waals surface area (Å²) in [6.07, 6.45) is 0. The first-order valence-corrected chi connectivity index (χ1v) is 8.96. The summed E-state index contributed by atoms with van der Waals surface area (Å²) in [6, 6.07) is 20.1. The average molecular weight is 355 g/mol. The second-order valence-corrected chi connectivity index (χ2v) is 6.73. The number of anilines is 2. The van der Waals surface area contributed by atoms with E-state index in [9.17, 15) is 4.79 Å². The summed E-state index contributed by atoms with van der Waals surface area (Å²) in [6.45, 7) is 4.18. The molecule has 3 aromatic carbocycles. The number of hydrogen-bond acceptors (Lipinski definition) is 3. The highest BCUT2D eigenvalue weighted by Gasteiger charge is 2.15. The molecule has 1 amide bonds. The first kappa shape index (κ1) is 17.0. The standard InChI is InChI=1S/C23H21N3O/c1-14-11-12-19(15(2)13-14)25-21-16-7-4-5-10-20(16)26-22-17(21)8-6-9-18(22)23(27)24-3/h4-13H,1-3H3,(H,24,27)(H,25,26). The van der Waals surface area contributed by atoms with E-state index in [1.165, 1.54) is 11.1 Å². The van der Waals surface area contributed by atoms with E-state index < -0.39 is 0 Å². The number of rotatable bonds is 3. The van der Waals surface area contributed by atoms with Crippen molar-refractivity contribution in [2.45, 2.75) is 13.8 Å². The minimum Gasteiger partial charge on any atom is -0.355 e. The monoisotopic (exact) mass is 355 g/mol. The van der Waals surface area contributed by atoms with Gasteiger partial charge in [-0.1, -0.05) is 48.0 Å². The second-order valence-electron chi connectivity index (χ2n) is 6.73. The van der Waals surface area contributed by atoms with Crippen molar-refractivity contribution in [3.8, 4) is 0 Å². The van der Waals surface area contributed by atoms with Gasteiger partial charge in [-0.2, -0.15) is 0 Å². The Hall–Kier alpha value is -3.40. The Kier molecular flexibility index (Phi) is 4.24. The van der Waals surface area contributed by atoms with Gasteiger partial charge in [0.25, 0.3) is 5.91 Å². The van der Waals surface area contributed by atoms with Gasteiger partial charge in [0.1, 0.15) is 0 Å². The number of carbonyl (C=O) groups is 1. The van der Waals surface area contributed by atoms with Gasteiger partial charge < -0.3 is 10.6 Å². The number of pyridine rings is 1.